The molecule has 72 valence electrons. The highest BCUT2D eigenvalue weighted by atomic mass is 16.5. The highest BCUT2D eigenvalue weighted by Gasteiger charge is 2.06. The zero-order valence-corrected chi connectivity index (χ0v) is 7.60. The summed E-state index contributed by atoms with van der Waals surface area (Å²) in [6.45, 7) is 1.33. The molecule has 0 saturated heterocycles. The van der Waals surface area contributed by atoms with Crippen molar-refractivity contribution in [3.8, 4) is 5.88 Å². The Labute approximate surface area is 80.1 Å². The molecule has 0 aliphatic carbocycles. The highest BCUT2D eigenvalue weighted by molar-refractivity contribution is 5.70. The molecule has 2 heterocycles. The third-order valence-electron chi connectivity index (χ3n) is 1.74. The van der Waals surface area contributed by atoms with Crippen molar-refractivity contribution >= 4 is 17.3 Å². The lowest BCUT2D eigenvalue weighted by Crippen LogP contribution is -2.01. The number of hydrogen-bond donors (Lipinski definition) is 1. The average Bonchev–Trinajstić information content (AvgIpc) is 2.47. The van der Waals surface area contributed by atoms with Gasteiger partial charge in [0.1, 0.15) is 0 Å². The summed E-state index contributed by atoms with van der Waals surface area (Å²) in [6.07, 6.45) is 3.39. The van der Waals surface area contributed by atoms with Gasteiger partial charge in [-0.3, -0.25) is 4.79 Å². The van der Waals surface area contributed by atoms with Crippen LogP contribution in [-0.4, -0.2) is 15.4 Å². The molecule has 0 radical (unpaired) electrons. The Bertz CT molecular complexity index is 490. The molecule has 2 aromatic heterocycles. The van der Waals surface area contributed by atoms with Crippen LogP contribution in [0.4, 0.5) is 5.69 Å². The summed E-state index contributed by atoms with van der Waals surface area (Å²) in [5.74, 6) is -0.137. The van der Waals surface area contributed by atoms with Gasteiger partial charge in [-0.05, 0) is 12.1 Å². The number of nitrogen functional groups attached to an aromatic ring is 1. The number of ether oxygens (including phenoxy) is 1. The number of hydrogen-bond acceptors (Lipinski definition) is 4. The van der Waals surface area contributed by atoms with Crippen LogP contribution in [0.2, 0.25) is 0 Å². The maximum Gasteiger partial charge on any atom is 0.309 e. The van der Waals surface area contributed by atoms with E-state index < -0.39 is 5.97 Å². The van der Waals surface area contributed by atoms with Crippen LogP contribution in [0.5, 0.6) is 5.88 Å². The van der Waals surface area contributed by atoms with E-state index in [1.807, 2.05) is 0 Å². The van der Waals surface area contributed by atoms with Crippen LogP contribution >= 0.6 is 0 Å². The number of rotatable bonds is 1. The Morgan fingerprint density at radius 3 is 3.07 bits per heavy atom. The summed E-state index contributed by atoms with van der Waals surface area (Å²) < 4.78 is 6.53. The van der Waals surface area contributed by atoms with Crippen molar-refractivity contribution in [2.45, 2.75) is 6.92 Å². The molecule has 0 unspecified atom stereocenters. The molecule has 0 amide bonds. The van der Waals surface area contributed by atoms with Gasteiger partial charge in [0.25, 0.3) is 0 Å². The van der Waals surface area contributed by atoms with E-state index in [4.69, 9.17) is 10.5 Å². The number of carbonyl (C=O) groups excluding carboxylic acids is 1. The molecule has 5 nitrogen and oxygen atoms in total. The lowest BCUT2D eigenvalue weighted by Gasteiger charge is -1.93. The minimum absolute atomic E-state index is 0.260. The second-order valence-corrected chi connectivity index (χ2v) is 2.87. The number of nitrogens with zero attached hydrogens (tertiary/aromatic N) is 2. The van der Waals surface area contributed by atoms with Crippen molar-refractivity contribution in [3.05, 3.63) is 24.5 Å². The van der Waals surface area contributed by atoms with Gasteiger partial charge in [0, 0.05) is 13.1 Å². The number of nitrogens with two attached hydrogens (primary N) is 1. The van der Waals surface area contributed by atoms with Gasteiger partial charge in [0.05, 0.1) is 11.9 Å². The zero-order chi connectivity index (χ0) is 10.1. The van der Waals surface area contributed by atoms with E-state index in [1.165, 1.54) is 6.92 Å². The van der Waals surface area contributed by atoms with Crippen molar-refractivity contribution < 1.29 is 9.53 Å². The largest absolute Gasteiger partial charge is 0.406 e. The Kier molecular flexibility index (Phi) is 1.85. The molecule has 0 atom stereocenters. The van der Waals surface area contributed by atoms with Gasteiger partial charge < -0.3 is 14.9 Å². The molecule has 0 aromatic carbocycles. The average molecular weight is 191 g/mol. The Morgan fingerprint density at radius 2 is 2.43 bits per heavy atom. The Morgan fingerprint density at radius 1 is 1.64 bits per heavy atom. The van der Waals surface area contributed by atoms with E-state index in [2.05, 4.69) is 4.98 Å². The van der Waals surface area contributed by atoms with Gasteiger partial charge in [-0.15, -0.1) is 0 Å². The molecular formula is C9H9N3O2. The van der Waals surface area contributed by atoms with E-state index in [1.54, 1.807) is 28.9 Å². The fourth-order valence-electron chi connectivity index (χ4n) is 1.21. The number of anilines is 1. The van der Waals surface area contributed by atoms with Crippen LogP contribution in [0, 0.1) is 0 Å². The molecule has 14 heavy (non-hydrogen) atoms. The van der Waals surface area contributed by atoms with Crippen LogP contribution in [0.1, 0.15) is 6.92 Å². The monoisotopic (exact) mass is 191 g/mol. The summed E-state index contributed by atoms with van der Waals surface area (Å²) in [5.41, 5.74) is 6.81. The van der Waals surface area contributed by atoms with Gasteiger partial charge in [-0.1, -0.05) is 0 Å². The number of aromatic nitrogens is 2. The summed E-state index contributed by atoms with van der Waals surface area (Å²) in [6, 6.07) is 3.53. The quantitative estimate of drug-likeness (QED) is 0.678. The molecule has 2 aromatic rings. The third kappa shape index (κ3) is 1.39. The molecule has 2 rings (SSSR count). The van der Waals surface area contributed by atoms with Gasteiger partial charge in [-0.25, -0.2) is 0 Å². The van der Waals surface area contributed by atoms with E-state index in [-0.39, 0.29) is 5.88 Å². The zero-order valence-electron chi connectivity index (χ0n) is 7.60. The maximum absolute atomic E-state index is 10.7. The topological polar surface area (TPSA) is 69.6 Å². The van der Waals surface area contributed by atoms with E-state index in [9.17, 15) is 4.79 Å². The summed E-state index contributed by atoms with van der Waals surface area (Å²) in [7, 11) is 0. The van der Waals surface area contributed by atoms with Crippen molar-refractivity contribution in [1.82, 2.24) is 9.38 Å². The van der Waals surface area contributed by atoms with E-state index >= 15 is 0 Å². The number of carbonyl (C=O) groups is 1. The molecule has 0 aliphatic heterocycles. The predicted octanol–water partition coefficient (Wildman–Crippen LogP) is 0.842. The van der Waals surface area contributed by atoms with Crippen LogP contribution < -0.4 is 10.5 Å². The maximum atomic E-state index is 10.7. The first-order chi connectivity index (χ1) is 6.66. The second kappa shape index (κ2) is 3.02. The SMILES string of the molecule is CC(=O)Oc1cn2cccc(N)c2n1. The third-order valence-corrected chi connectivity index (χ3v) is 1.74. The number of esters is 1. The Balaban J connectivity index is 2.51. The molecule has 0 aliphatic rings. The first kappa shape index (κ1) is 8.55. The number of pyridine rings is 1. The molecule has 5 heteroatoms. The second-order valence-electron chi connectivity index (χ2n) is 2.87. The van der Waals surface area contributed by atoms with Crippen LogP contribution in [-0.2, 0) is 4.79 Å². The highest BCUT2D eigenvalue weighted by Crippen LogP contribution is 2.16. The molecule has 2 N–H and O–H groups in total. The number of imidazole rings is 1. The van der Waals surface area contributed by atoms with Crippen molar-refractivity contribution in [2.24, 2.45) is 0 Å². The normalized spacial score (nSPS) is 10.4. The van der Waals surface area contributed by atoms with Gasteiger partial charge in [-0.2, -0.15) is 4.98 Å². The smallest absolute Gasteiger partial charge is 0.309 e. The van der Waals surface area contributed by atoms with Gasteiger partial charge in [0.2, 0.25) is 5.88 Å². The van der Waals surface area contributed by atoms with Crippen molar-refractivity contribution in [1.29, 1.82) is 0 Å². The standard InChI is InChI=1S/C9H9N3O2/c1-6(13)14-8-5-12-4-2-3-7(10)9(12)11-8/h2-5H,10H2,1H3. The lowest BCUT2D eigenvalue weighted by atomic mass is 10.4. The number of fused-ring (bicyclic) bond motifs is 1. The fourth-order valence-corrected chi connectivity index (χ4v) is 1.21. The summed E-state index contributed by atoms with van der Waals surface area (Å²) in [4.78, 5) is 14.7. The summed E-state index contributed by atoms with van der Waals surface area (Å²) >= 11 is 0. The van der Waals surface area contributed by atoms with Crippen molar-refractivity contribution in [3.63, 3.8) is 0 Å². The lowest BCUT2D eigenvalue weighted by molar-refractivity contribution is -0.132. The molecule has 0 bridgehead atoms. The Hall–Kier alpha value is -2.04. The predicted molar refractivity (Wildman–Crippen MR) is 50.9 cm³/mol. The summed E-state index contributed by atoms with van der Waals surface area (Å²) in [5, 5.41) is 0. The first-order valence-electron chi connectivity index (χ1n) is 4.08. The van der Waals surface area contributed by atoms with Crippen LogP contribution in [0.25, 0.3) is 5.65 Å². The molecular weight excluding hydrogens is 182 g/mol. The first-order valence-corrected chi connectivity index (χ1v) is 4.08. The van der Waals surface area contributed by atoms with Gasteiger partial charge in [0.15, 0.2) is 5.65 Å². The van der Waals surface area contributed by atoms with Crippen molar-refractivity contribution in [2.75, 3.05) is 5.73 Å². The molecule has 0 saturated carbocycles. The molecule has 0 spiro atoms. The van der Waals surface area contributed by atoms with Gasteiger partial charge >= 0.3 is 5.97 Å². The van der Waals surface area contributed by atoms with Crippen LogP contribution in [0.3, 0.4) is 0 Å². The van der Waals surface area contributed by atoms with Crippen LogP contribution in [0.15, 0.2) is 24.5 Å². The van der Waals surface area contributed by atoms with E-state index in [0.717, 1.165) is 0 Å². The fraction of sp³-hybridized carbons (Fsp3) is 0.111. The minimum Gasteiger partial charge on any atom is -0.406 e. The minimum atomic E-state index is -0.396. The molecule has 0 fully saturated rings. The van der Waals surface area contributed by atoms with E-state index in [0.29, 0.717) is 11.3 Å².